The minimum absolute atomic E-state index is 0.00941. The Morgan fingerprint density at radius 3 is 2.77 bits per heavy atom. The number of hydrogen-bond donors (Lipinski definition) is 0. The van der Waals surface area contributed by atoms with Gasteiger partial charge in [0.05, 0.1) is 15.1 Å². The summed E-state index contributed by atoms with van der Waals surface area (Å²) in [5, 5.41) is 8.21. The summed E-state index contributed by atoms with van der Waals surface area (Å²) in [4.78, 5) is 15.1. The van der Waals surface area contributed by atoms with Gasteiger partial charge in [0, 0.05) is 18.7 Å². The Hall–Kier alpha value is -2.25. The molecule has 0 aliphatic carbocycles. The Morgan fingerprint density at radius 1 is 1.23 bits per heavy atom. The molecule has 1 saturated heterocycles. The van der Waals surface area contributed by atoms with E-state index < -0.39 is 0 Å². The van der Waals surface area contributed by atoms with Crippen LogP contribution in [0.25, 0.3) is 11.5 Å². The second-order valence-corrected chi connectivity index (χ2v) is 7.86. The van der Waals surface area contributed by atoms with E-state index in [4.69, 9.17) is 16.0 Å². The first-order valence-electron chi connectivity index (χ1n) is 8.24. The average molecular weight is 392 g/mol. The van der Waals surface area contributed by atoms with Crippen LogP contribution in [0.4, 0.5) is 4.39 Å². The molecule has 1 aromatic carbocycles. The summed E-state index contributed by atoms with van der Waals surface area (Å²) in [5.74, 6) is 0.512. The van der Waals surface area contributed by atoms with Gasteiger partial charge < -0.3 is 9.32 Å². The van der Waals surface area contributed by atoms with E-state index in [1.54, 1.807) is 29.2 Å². The third-order valence-corrected chi connectivity index (χ3v) is 5.59. The van der Waals surface area contributed by atoms with E-state index in [0.717, 1.165) is 12.8 Å². The lowest BCUT2D eigenvalue weighted by Gasteiger charge is -2.30. The van der Waals surface area contributed by atoms with Gasteiger partial charge in [-0.1, -0.05) is 11.6 Å². The van der Waals surface area contributed by atoms with Crippen molar-refractivity contribution in [2.45, 2.75) is 18.8 Å². The predicted octanol–water partition coefficient (Wildman–Crippen LogP) is 4.61. The van der Waals surface area contributed by atoms with Crippen molar-refractivity contribution in [1.82, 2.24) is 15.1 Å². The summed E-state index contributed by atoms with van der Waals surface area (Å²) in [7, 11) is 0. The van der Waals surface area contributed by atoms with Crippen LogP contribution in [0.2, 0.25) is 4.34 Å². The smallest absolute Gasteiger partial charge is 0.263 e. The van der Waals surface area contributed by atoms with Crippen molar-refractivity contribution in [3.63, 3.8) is 0 Å². The highest BCUT2D eigenvalue weighted by Gasteiger charge is 2.29. The molecule has 0 radical (unpaired) electrons. The maximum atomic E-state index is 13.0. The Balaban J connectivity index is 1.49. The molecule has 5 nitrogen and oxygen atoms in total. The van der Waals surface area contributed by atoms with Crippen molar-refractivity contribution in [1.29, 1.82) is 0 Å². The number of amides is 1. The van der Waals surface area contributed by atoms with Gasteiger partial charge in [0.2, 0.25) is 11.8 Å². The molecule has 4 rings (SSSR count). The number of likely N-dealkylation sites (tertiary alicyclic amines) is 1. The molecular weight excluding hydrogens is 377 g/mol. The van der Waals surface area contributed by atoms with E-state index in [2.05, 4.69) is 10.2 Å². The highest BCUT2D eigenvalue weighted by atomic mass is 35.5. The molecule has 3 heterocycles. The Bertz CT molecular complexity index is 925. The van der Waals surface area contributed by atoms with Crippen molar-refractivity contribution in [3.05, 3.63) is 57.3 Å². The molecule has 1 atom stereocenters. The fraction of sp³-hybridized carbons (Fsp3) is 0.278. The number of benzene rings is 1. The fourth-order valence-electron chi connectivity index (χ4n) is 3.06. The topological polar surface area (TPSA) is 59.2 Å². The molecule has 8 heteroatoms. The molecule has 0 bridgehead atoms. The molecule has 2 aromatic heterocycles. The largest absolute Gasteiger partial charge is 0.420 e. The van der Waals surface area contributed by atoms with Crippen LogP contribution in [0.1, 0.15) is 34.3 Å². The Kier molecular flexibility index (Phi) is 4.74. The molecule has 0 N–H and O–H groups in total. The van der Waals surface area contributed by atoms with E-state index in [9.17, 15) is 9.18 Å². The van der Waals surface area contributed by atoms with Gasteiger partial charge >= 0.3 is 0 Å². The van der Waals surface area contributed by atoms with Crippen LogP contribution in [0, 0.1) is 5.82 Å². The molecule has 0 saturated carbocycles. The Labute approximate surface area is 158 Å². The predicted molar refractivity (Wildman–Crippen MR) is 96.9 cm³/mol. The second-order valence-electron chi connectivity index (χ2n) is 6.15. The lowest BCUT2D eigenvalue weighted by molar-refractivity contribution is 0.0703. The number of carbonyl (C=O) groups is 1. The van der Waals surface area contributed by atoms with Crippen LogP contribution in [0.15, 0.2) is 40.8 Å². The number of piperidine rings is 1. The summed E-state index contributed by atoms with van der Waals surface area (Å²) in [6.07, 6.45) is 1.74. The first-order chi connectivity index (χ1) is 12.6. The lowest BCUT2D eigenvalue weighted by Crippen LogP contribution is -2.38. The fourth-order valence-corrected chi connectivity index (χ4v) is 4.07. The van der Waals surface area contributed by atoms with Crippen LogP contribution < -0.4 is 0 Å². The Morgan fingerprint density at radius 2 is 2.04 bits per heavy atom. The van der Waals surface area contributed by atoms with Crippen LogP contribution in [-0.2, 0) is 0 Å². The highest BCUT2D eigenvalue weighted by molar-refractivity contribution is 7.17. The summed E-state index contributed by atoms with van der Waals surface area (Å²) in [5.41, 5.74) is 0.669. The van der Waals surface area contributed by atoms with Crippen molar-refractivity contribution in [2.75, 3.05) is 13.1 Å². The molecule has 3 aromatic rings. The van der Waals surface area contributed by atoms with Gasteiger partial charge in [-0.25, -0.2) is 4.39 Å². The number of aromatic nitrogens is 2. The zero-order valence-electron chi connectivity index (χ0n) is 13.7. The first kappa shape index (κ1) is 17.2. The lowest BCUT2D eigenvalue weighted by atomic mass is 9.98. The highest BCUT2D eigenvalue weighted by Crippen LogP contribution is 2.30. The maximum Gasteiger partial charge on any atom is 0.263 e. The monoisotopic (exact) mass is 391 g/mol. The van der Waals surface area contributed by atoms with E-state index in [-0.39, 0.29) is 17.6 Å². The minimum atomic E-state index is -0.316. The molecule has 1 aliphatic rings. The molecule has 1 amide bonds. The number of thiophene rings is 1. The van der Waals surface area contributed by atoms with Gasteiger partial charge in [0.1, 0.15) is 5.82 Å². The third kappa shape index (κ3) is 3.50. The summed E-state index contributed by atoms with van der Waals surface area (Å²) >= 11 is 7.21. The standard InChI is InChI=1S/C18H15ClFN3O2S/c19-15-8-7-14(26-15)18(24)23-9-1-2-12(10-23)17-22-21-16(25-17)11-3-5-13(20)6-4-11/h3-8,12H,1-2,9-10H2. The van der Waals surface area contributed by atoms with E-state index in [0.29, 0.717) is 39.6 Å². The molecule has 26 heavy (non-hydrogen) atoms. The van der Waals surface area contributed by atoms with Crippen molar-refractivity contribution < 1.29 is 13.6 Å². The van der Waals surface area contributed by atoms with Crippen LogP contribution in [0.5, 0.6) is 0 Å². The van der Waals surface area contributed by atoms with Gasteiger partial charge in [-0.3, -0.25) is 4.79 Å². The molecule has 0 spiro atoms. The summed E-state index contributed by atoms with van der Waals surface area (Å²) in [6, 6.07) is 9.39. The average Bonchev–Trinajstić information content (AvgIpc) is 3.31. The van der Waals surface area contributed by atoms with Gasteiger partial charge in [-0.05, 0) is 49.2 Å². The molecule has 1 unspecified atom stereocenters. The van der Waals surface area contributed by atoms with Crippen LogP contribution in [-0.4, -0.2) is 34.1 Å². The summed E-state index contributed by atoms with van der Waals surface area (Å²) in [6.45, 7) is 1.23. The maximum absolute atomic E-state index is 13.0. The van der Waals surface area contributed by atoms with Gasteiger partial charge in [0.15, 0.2) is 0 Å². The molecule has 1 aliphatic heterocycles. The van der Waals surface area contributed by atoms with E-state index in [1.807, 2.05) is 0 Å². The number of nitrogens with zero attached hydrogens (tertiary/aromatic N) is 3. The number of halogens is 2. The van der Waals surface area contributed by atoms with Crippen molar-refractivity contribution in [2.24, 2.45) is 0 Å². The van der Waals surface area contributed by atoms with E-state index in [1.165, 1.54) is 23.5 Å². The second kappa shape index (κ2) is 7.17. The number of carbonyl (C=O) groups excluding carboxylic acids is 1. The van der Waals surface area contributed by atoms with E-state index >= 15 is 0 Å². The van der Waals surface area contributed by atoms with Gasteiger partial charge in [-0.2, -0.15) is 0 Å². The van der Waals surface area contributed by atoms with Crippen molar-refractivity contribution in [3.8, 4) is 11.5 Å². The third-order valence-electron chi connectivity index (χ3n) is 4.37. The normalized spacial score (nSPS) is 17.5. The van der Waals surface area contributed by atoms with Gasteiger partial charge in [0.25, 0.3) is 5.91 Å². The zero-order valence-corrected chi connectivity index (χ0v) is 15.3. The van der Waals surface area contributed by atoms with Crippen molar-refractivity contribution >= 4 is 28.8 Å². The number of hydrogen-bond acceptors (Lipinski definition) is 5. The molecule has 1 fully saturated rings. The zero-order chi connectivity index (χ0) is 18.1. The van der Waals surface area contributed by atoms with Crippen LogP contribution in [0.3, 0.4) is 0 Å². The minimum Gasteiger partial charge on any atom is -0.420 e. The first-order valence-corrected chi connectivity index (χ1v) is 9.43. The number of rotatable bonds is 3. The summed E-state index contributed by atoms with van der Waals surface area (Å²) < 4.78 is 19.4. The molecular formula is C18H15ClFN3O2S. The van der Waals surface area contributed by atoms with Crippen LogP contribution >= 0.6 is 22.9 Å². The molecule has 134 valence electrons. The SMILES string of the molecule is O=C(c1ccc(Cl)s1)N1CCCC(c2nnc(-c3ccc(F)cc3)o2)C1. The quantitative estimate of drug-likeness (QED) is 0.654. The van der Waals surface area contributed by atoms with Gasteiger partial charge in [-0.15, -0.1) is 21.5 Å².